The summed E-state index contributed by atoms with van der Waals surface area (Å²) in [6, 6.07) is 7.03. The molecule has 3 aromatic heterocycles. The van der Waals surface area contributed by atoms with Crippen LogP contribution in [0.4, 0.5) is 8.78 Å². The minimum Gasteiger partial charge on any atom is -0.451 e. The Morgan fingerprint density at radius 1 is 1.16 bits per heavy atom. The van der Waals surface area contributed by atoms with E-state index < -0.39 is 35.6 Å². The zero-order valence-electron chi connectivity index (χ0n) is 20.2. The Labute approximate surface area is 220 Å². The molecule has 1 aromatic carbocycles. The number of rotatable bonds is 7. The standard InChI is InChI=1S/C27H23F2N5O3S/c1-2-25(5-6-25)13-22(35)26(7-9-27(28,29)10-8-26)33-23(36)21-12-18-4-3-17(11-20(18)37-21)19-14-38-24(32-19)34-16-30-15-31-34/h1,3-4,11-12,14-16H,5-10,13H2,(H,33,36). The van der Waals surface area contributed by atoms with Crippen LogP contribution in [0.2, 0.25) is 0 Å². The number of nitrogens with zero attached hydrogens (tertiary/aromatic N) is 4. The van der Waals surface area contributed by atoms with Crippen LogP contribution in [0, 0.1) is 17.8 Å². The molecule has 3 heterocycles. The van der Waals surface area contributed by atoms with Crippen LogP contribution in [0.15, 0.2) is 46.7 Å². The second-order valence-corrected chi connectivity index (χ2v) is 11.0. The third kappa shape index (κ3) is 4.49. The van der Waals surface area contributed by atoms with Gasteiger partial charge in [-0.2, -0.15) is 9.78 Å². The molecule has 11 heteroatoms. The predicted octanol–water partition coefficient (Wildman–Crippen LogP) is 5.19. The normalized spacial score (nSPS) is 19.1. The van der Waals surface area contributed by atoms with Crippen molar-refractivity contribution in [1.29, 1.82) is 0 Å². The predicted molar refractivity (Wildman–Crippen MR) is 136 cm³/mol. The van der Waals surface area contributed by atoms with Gasteiger partial charge in [0, 0.05) is 41.0 Å². The Morgan fingerprint density at radius 3 is 2.63 bits per heavy atom. The summed E-state index contributed by atoms with van der Waals surface area (Å²) < 4.78 is 35.4. The van der Waals surface area contributed by atoms with Crippen LogP contribution in [0.5, 0.6) is 0 Å². The molecule has 0 atom stereocenters. The van der Waals surface area contributed by atoms with Crippen molar-refractivity contribution < 1.29 is 22.8 Å². The lowest BCUT2D eigenvalue weighted by Gasteiger charge is -2.39. The number of hydrogen-bond acceptors (Lipinski definition) is 7. The number of nitrogens with one attached hydrogen (secondary N) is 1. The zero-order valence-corrected chi connectivity index (χ0v) is 21.1. The number of furan rings is 1. The van der Waals surface area contributed by atoms with E-state index in [1.54, 1.807) is 23.1 Å². The molecule has 2 fully saturated rings. The summed E-state index contributed by atoms with van der Waals surface area (Å²) in [5, 5.41) is 10.1. The molecule has 4 aromatic rings. The lowest BCUT2D eigenvalue weighted by Crippen LogP contribution is -2.58. The number of benzene rings is 1. The molecule has 2 aliphatic carbocycles. The van der Waals surface area contributed by atoms with Gasteiger partial charge in [0.05, 0.1) is 11.2 Å². The fourth-order valence-electron chi connectivity index (χ4n) is 4.91. The molecule has 0 unspecified atom stereocenters. The van der Waals surface area contributed by atoms with Crippen LogP contribution >= 0.6 is 11.3 Å². The summed E-state index contributed by atoms with van der Waals surface area (Å²) in [5.74, 6) is -1.09. The Bertz CT molecular complexity index is 1570. The first kappa shape index (κ1) is 24.4. The molecule has 8 nitrogen and oxygen atoms in total. The molecule has 38 heavy (non-hydrogen) atoms. The minimum atomic E-state index is -2.86. The number of terminal acetylenes is 1. The zero-order chi connectivity index (χ0) is 26.5. The highest BCUT2D eigenvalue weighted by Gasteiger charge is 2.52. The summed E-state index contributed by atoms with van der Waals surface area (Å²) in [7, 11) is 0. The van der Waals surface area contributed by atoms with Crippen LogP contribution in [0.1, 0.15) is 55.5 Å². The first-order chi connectivity index (χ1) is 18.2. The summed E-state index contributed by atoms with van der Waals surface area (Å²) in [6.45, 7) is 0. The van der Waals surface area contributed by atoms with Crippen molar-refractivity contribution in [3.8, 4) is 28.7 Å². The van der Waals surface area contributed by atoms with Gasteiger partial charge in [-0.3, -0.25) is 9.59 Å². The number of hydrogen-bond donors (Lipinski definition) is 1. The quantitative estimate of drug-likeness (QED) is 0.327. The molecule has 0 radical (unpaired) electrons. The molecule has 194 valence electrons. The molecule has 1 N–H and O–H groups in total. The van der Waals surface area contributed by atoms with Crippen molar-refractivity contribution in [2.45, 2.75) is 56.4 Å². The number of carbonyl (C=O) groups excluding carboxylic acids is 2. The van der Waals surface area contributed by atoms with E-state index in [9.17, 15) is 18.4 Å². The Hall–Kier alpha value is -3.91. The molecule has 0 bridgehead atoms. The first-order valence-electron chi connectivity index (χ1n) is 12.3. The highest BCUT2D eigenvalue weighted by molar-refractivity contribution is 7.12. The van der Waals surface area contributed by atoms with Crippen molar-refractivity contribution in [3.63, 3.8) is 0 Å². The molecular weight excluding hydrogens is 512 g/mol. The topological polar surface area (TPSA) is 103 Å². The maximum Gasteiger partial charge on any atom is 0.287 e. The number of amides is 1. The summed E-state index contributed by atoms with van der Waals surface area (Å²) in [4.78, 5) is 35.2. The van der Waals surface area contributed by atoms with Gasteiger partial charge < -0.3 is 9.73 Å². The van der Waals surface area contributed by atoms with Crippen LogP contribution in [-0.2, 0) is 4.79 Å². The fraction of sp³-hybridized carbons (Fsp3) is 0.370. The maximum atomic E-state index is 14.0. The molecule has 2 saturated carbocycles. The molecule has 0 saturated heterocycles. The molecular formula is C27H23F2N5O3S. The second-order valence-electron chi connectivity index (χ2n) is 10.1. The molecule has 2 aliphatic rings. The van der Waals surface area contributed by atoms with Crippen molar-refractivity contribution in [1.82, 2.24) is 25.1 Å². The Balaban J connectivity index is 1.24. The molecule has 1 amide bonds. The average Bonchev–Trinajstić information content (AvgIpc) is 3.34. The number of carbonyl (C=O) groups is 2. The van der Waals surface area contributed by atoms with E-state index >= 15 is 0 Å². The summed E-state index contributed by atoms with van der Waals surface area (Å²) >= 11 is 1.41. The van der Waals surface area contributed by atoms with Crippen molar-refractivity contribution in [2.75, 3.05) is 0 Å². The Kier molecular flexibility index (Phi) is 5.68. The van der Waals surface area contributed by atoms with Crippen molar-refractivity contribution in [3.05, 3.63) is 48.1 Å². The van der Waals surface area contributed by atoms with Gasteiger partial charge in [-0.1, -0.05) is 18.1 Å². The fourth-order valence-corrected chi connectivity index (χ4v) is 5.67. The smallest absolute Gasteiger partial charge is 0.287 e. The number of alkyl halides is 2. The first-order valence-corrected chi connectivity index (χ1v) is 13.1. The van der Waals surface area contributed by atoms with Gasteiger partial charge in [-0.25, -0.2) is 18.7 Å². The third-order valence-electron chi connectivity index (χ3n) is 7.53. The van der Waals surface area contributed by atoms with Gasteiger partial charge >= 0.3 is 0 Å². The molecule has 6 rings (SSSR count). The average molecular weight is 536 g/mol. The Morgan fingerprint density at radius 2 is 1.95 bits per heavy atom. The van der Waals surface area contributed by atoms with Crippen molar-refractivity contribution in [2.24, 2.45) is 5.41 Å². The lowest BCUT2D eigenvalue weighted by atomic mass is 9.74. The van der Waals surface area contributed by atoms with E-state index in [0.29, 0.717) is 21.8 Å². The number of fused-ring (bicyclic) bond motifs is 1. The van der Waals surface area contributed by atoms with Gasteiger partial charge in [0.25, 0.3) is 5.91 Å². The van der Waals surface area contributed by atoms with E-state index in [0.717, 1.165) is 18.4 Å². The molecule has 0 aliphatic heterocycles. The van der Waals surface area contributed by atoms with E-state index in [2.05, 4.69) is 26.3 Å². The van der Waals surface area contributed by atoms with Crippen LogP contribution in [-0.4, -0.2) is 42.9 Å². The van der Waals surface area contributed by atoms with E-state index in [1.165, 1.54) is 17.7 Å². The number of halogens is 2. The molecule has 0 spiro atoms. The van der Waals surface area contributed by atoms with Gasteiger partial charge in [0.2, 0.25) is 11.1 Å². The number of aromatic nitrogens is 4. The number of ketones is 1. The van der Waals surface area contributed by atoms with Crippen LogP contribution in [0.3, 0.4) is 0 Å². The number of Topliss-reactive ketones (excluding diaryl/α,β-unsaturated/α-hetero) is 1. The van der Waals surface area contributed by atoms with Gasteiger partial charge in [0.15, 0.2) is 11.5 Å². The van der Waals surface area contributed by atoms with E-state index in [4.69, 9.17) is 10.8 Å². The third-order valence-corrected chi connectivity index (χ3v) is 8.36. The van der Waals surface area contributed by atoms with Crippen molar-refractivity contribution >= 4 is 34.0 Å². The highest BCUT2D eigenvalue weighted by Crippen LogP contribution is 2.50. The monoisotopic (exact) mass is 535 g/mol. The van der Waals surface area contributed by atoms with Gasteiger partial charge in [-0.15, -0.1) is 17.8 Å². The van der Waals surface area contributed by atoms with Crippen LogP contribution in [0.25, 0.3) is 27.4 Å². The van der Waals surface area contributed by atoms with E-state index in [1.807, 2.05) is 17.5 Å². The second kappa shape index (κ2) is 8.84. The van der Waals surface area contributed by atoms with Gasteiger partial charge in [0.1, 0.15) is 18.2 Å². The lowest BCUT2D eigenvalue weighted by molar-refractivity contribution is -0.131. The number of thiazole rings is 1. The summed E-state index contributed by atoms with van der Waals surface area (Å²) in [5.41, 5.74) is 0.0382. The van der Waals surface area contributed by atoms with Gasteiger partial charge in [-0.05, 0) is 37.8 Å². The minimum absolute atomic E-state index is 0.00123. The van der Waals surface area contributed by atoms with E-state index in [-0.39, 0.29) is 30.8 Å². The highest BCUT2D eigenvalue weighted by atomic mass is 32.1. The van der Waals surface area contributed by atoms with Crippen LogP contribution < -0.4 is 5.32 Å². The largest absolute Gasteiger partial charge is 0.451 e. The SMILES string of the molecule is C#CC1(CC(=O)C2(NC(=O)c3cc4ccc(-c5csc(-n6cncn6)n5)cc4o3)CCC(F)(F)CC2)CC1. The maximum absolute atomic E-state index is 14.0. The summed E-state index contributed by atoms with van der Waals surface area (Å²) in [6.07, 6.45) is 8.88.